The molecule has 2 aromatic heterocycles. The third kappa shape index (κ3) is 3.24. The van der Waals surface area contributed by atoms with Gasteiger partial charge in [-0.1, -0.05) is 60.3 Å². The van der Waals surface area contributed by atoms with Crippen LogP contribution in [0, 0.1) is 6.92 Å². The van der Waals surface area contributed by atoms with Gasteiger partial charge in [-0.2, -0.15) is 0 Å². The predicted molar refractivity (Wildman–Crippen MR) is 114 cm³/mol. The molecule has 0 radical (unpaired) electrons. The Morgan fingerprint density at radius 2 is 1.82 bits per heavy atom. The lowest BCUT2D eigenvalue weighted by Crippen LogP contribution is -2.15. The molecule has 0 aliphatic carbocycles. The van der Waals surface area contributed by atoms with Gasteiger partial charge in [-0.3, -0.25) is 4.79 Å². The van der Waals surface area contributed by atoms with E-state index >= 15 is 0 Å². The minimum Gasteiger partial charge on any atom is -0.358 e. The van der Waals surface area contributed by atoms with Crippen LogP contribution in [0.2, 0.25) is 0 Å². The van der Waals surface area contributed by atoms with Gasteiger partial charge in [0.2, 0.25) is 0 Å². The van der Waals surface area contributed by atoms with Crippen molar-refractivity contribution in [3.05, 3.63) is 65.9 Å². The summed E-state index contributed by atoms with van der Waals surface area (Å²) in [7, 11) is 0. The first kappa shape index (κ1) is 18.5. The molecule has 0 saturated heterocycles. The van der Waals surface area contributed by atoms with E-state index in [1.807, 2.05) is 68.4 Å². The van der Waals surface area contributed by atoms with Crippen LogP contribution in [0.1, 0.15) is 29.9 Å². The number of fused-ring (bicyclic) bond motifs is 1. The number of H-pyrrole nitrogens is 1. The normalized spacial score (nSPS) is 12.4. The number of hydrogen-bond donors (Lipinski definition) is 1. The van der Waals surface area contributed by atoms with E-state index < -0.39 is 0 Å². The van der Waals surface area contributed by atoms with E-state index in [-0.39, 0.29) is 11.0 Å². The first-order valence-corrected chi connectivity index (χ1v) is 10.2. The van der Waals surface area contributed by atoms with Crippen LogP contribution in [0.15, 0.2) is 59.8 Å². The van der Waals surface area contributed by atoms with Crippen molar-refractivity contribution in [1.29, 1.82) is 0 Å². The number of aromatic nitrogens is 4. The van der Waals surface area contributed by atoms with Gasteiger partial charge in [-0.05, 0) is 26.8 Å². The molecule has 1 atom stereocenters. The first-order chi connectivity index (χ1) is 13.6. The Morgan fingerprint density at radius 3 is 2.57 bits per heavy atom. The Morgan fingerprint density at radius 1 is 1.11 bits per heavy atom. The Balaban J connectivity index is 1.63. The van der Waals surface area contributed by atoms with E-state index in [9.17, 15) is 4.79 Å². The molecule has 4 aromatic rings. The average molecular weight is 391 g/mol. The van der Waals surface area contributed by atoms with Crippen molar-refractivity contribution in [3.63, 3.8) is 0 Å². The molecule has 0 amide bonds. The number of para-hydroxylation sites is 1. The summed E-state index contributed by atoms with van der Waals surface area (Å²) in [4.78, 5) is 16.5. The number of benzene rings is 2. The van der Waals surface area contributed by atoms with E-state index in [4.69, 9.17) is 0 Å². The van der Waals surface area contributed by atoms with Crippen molar-refractivity contribution in [3.8, 4) is 11.4 Å². The van der Waals surface area contributed by atoms with E-state index in [1.165, 1.54) is 11.8 Å². The number of aryl methyl sites for hydroxylation is 1. The molecule has 0 spiro atoms. The highest BCUT2D eigenvalue weighted by Crippen LogP contribution is 2.31. The summed E-state index contributed by atoms with van der Waals surface area (Å²) in [5, 5.41) is 10.2. The van der Waals surface area contributed by atoms with Crippen molar-refractivity contribution < 1.29 is 4.79 Å². The standard InChI is InChI=1S/C22H22N4OS/c1-4-26-21(16-10-6-5-7-11-16)24-25-22(26)28-15(3)20(27)19-14(2)23-18-13-9-8-12-17(18)19/h5-13,15,23H,4H2,1-3H3/t15-/m1/s1. The lowest BCUT2D eigenvalue weighted by atomic mass is 10.1. The summed E-state index contributed by atoms with van der Waals surface area (Å²) < 4.78 is 2.06. The van der Waals surface area contributed by atoms with Crippen LogP contribution >= 0.6 is 11.8 Å². The number of hydrogen-bond acceptors (Lipinski definition) is 4. The minimum absolute atomic E-state index is 0.104. The van der Waals surface area contributed by atoms with E-state index in [2.05, 4.69) is 26.7 Å². The smallest absolute Gasteiger partial charge is 0.192 e. The molecule has 0 aliphatic rings. The molecule has 6 heteroatoms. The molecule has 5 nitrogen and oxygen atoms in total. The zero-order chi connectivity index (χ0) is 19.7. The molecule has 1 N–H and O–H groups in total. The summed E-state index contributed by atoms with van der Waals surface area (Å²) in [6.45, 7) is 6.69. The molecule has 2 aromatic carbocycles. The largest absolute Gasteiger partial charge is 0.358 e. The van der Waals surface area contributed by atoms with Gasteiger partial charge in [0.15, 0.2) is 16.8 Å². The maximum absolute atomic E-state index is 13.2. The quantitative estimate of drug-likeness (QED) is 0.367. The molecule has 0 aliphatic heterocycles. The fraction of sp³-hybridized carbons (Fsp3) is 0.227. The number of ketones is 1. The third-order valence-electron chi connectivity index (χ3n) is 4.86. The number of carbonyl (C=O) groups excluding carboxylic acids is 1. The molecule has 0 fully saturated rings. The van der Waals surface area contributed by atoms with Crippen LogP contribution in [0.4, 0.5) is 0 Å². The van der Waals surface area contributed by atoms with Crippen LogP contribution in [0.5, 0.6) is 0 Å². The molecular weight excluding hydrogens is 368 g/mol. The van der Waals surface area contributed by atoms with Crippen LogP contribution in [0.3, 0.4) is 0 Å². The lowest BCUT2D eigenvalue weighted by molar-refractivity contribution is 0.0995. The van der Waals surface area contributed by atoms with Gasteiger partial charge in [0.25, 0.3) is 0 Å². The summed E-state index contributed by atoms with van der Waals surface area (Å²) in [5.41, 5.74) is 3.68. The predicted octanol–water partition coefficient (Wildman–Crippen LogP) is 5.12. The second-order valence-corrected chi connectivity index (χ2v) is 8.02. The van der Waals surface area contributed by atoms with Gasteiger partial charge in [0.1, 0.15) is 0 Å². The average Bonchev–Trinajstić information content (AvgIpc) is 3.27. The van der Waals surface area contributed by atoms with E-state index in [0.29, 0.717) is 0 Å². The highest BCUT2D eigenvalue weighted by atomic mass is 32.2. The molecule has 4 rings (SSSR count). The maximum atomic E-state index is 13.2. The second-order valence-electron chi connectivity index (χ2n) is 6.71. The fourth-order valence-electron chi connectivity index (χ4n) is 3.47. The van der Waals surface area contributed by atoms with Crippen LogP contribution < -0.4 is 0 Å². The molecule has 0 unspecified atom stereocenters. The van der Waals surface area contributed by atoms with Crippen molar-refractivity contribution in [2.24, 2.45) is 0 Å². The Labute approximate surface area is 168 Å². The van der Waals surface area contributed by atoms with Gasteiger partial charge in [0, 0.05) is 34.3 Å². The van der Waals surface area contributed by atoms with Crippen LogP contribution in [0.25, 0.3) is 22.3 Å². The van der Waals surface area contributed by atoms with Gasteiger partial charge < -0.3 is 9.55 Å². The highest BCUT2D eigenvalue weighted by molar-refractivity contribution is 8.00. The molecule has 0 saturated carbocycles. The lowest BCUT2D eigenvalue weighted by Gasteiger charge is -2.12. The minimum atomic E-state index is -0.268. The molecular formula is C22H22N4OS. The molecule has 142 valence electrons. The van der Waals surface area contributed by atoms with Gasteiger partial charge in [0.05, 0.1) is 5.25 Å². The maximum Gasteiger partial charge on any atom is 0.192 e. The van der Waals surface area contributed by atoms with Crippen LogP contribution in [-0.2, 0) is 6.54 Å². The SMILES string of the molecule is CCn1c(S[C@H](C)C(=O)c2c(C)[nH]c3ccccc23)nnc1-c1ccccc1. The number of nitrogens with zero attached hydrogens (tertiary/aromatic N) is 3. The summed E-state index contributed by atoms with van der Waals surface area (Å²) in [6, 6.07) is 17.9. The third-order valence-corrected chi connectivity index (χ3v) is 5.94. The zero-order valence-corrected chi connectivity index (χ0v) is 17.0. The molecule has 0 bridgehead atoms. The van der Waals surface area contributed by atoms with Gasteiger partial charge >= 0.3 is 0 Å². The van der Waals surface area contributed by atoms with Gasteiger partial charge in [-0.25, -0.2) is 0 Å². The summed E-state index contributed by atoms with van der Waals surface area (Å²) in [6.07, 6.45) is 0. The number of aromatic amines is 1. The number of thioether (sulfide) groups is 1. The monoisotopic (exact) mass is 390 g/mol. The second kappa shape index (κ2) is 7.64. The van der Waals surface area contributed by atoms with E-state index in [1.54, 1.807) is 0 Å². The zero-order valence-electron chi connectivity index (χ0n) is 16.1. The Kier molecular flexibility index (Phi) is 5.05. The summed E-state index contributed by atoms with van der Waals surface area (Å²) >= 11 is 1.46. The fourth-order valence-corrected chi connectivity index (χ4v) is 4.44. The Bertz CT molecular complexity index is 1130. The molecule has 2 heterocycles. The van der Waals surface area contributed by atoms with Crippen molar-refractivity contribution >= 4 is 28.4 Å². The number of rotatable bonds is 6. The van der Waals surface area contributed by atoms with E-state index in [0.717, 1.165) is 45.2 Å². The Hall–Kier alpha value is -2.86. The number of Topliss-reactive ketones (excluding diaryl/α,β-unsaturated/α-hetero) is 1. The number of nitrogens with one attached hydrogen (secondary N) is 1. The topological polar surface area (TPSA) is 63.6 Å². The summed E-state index contributed by atoms with van der Waals surface area (Å²) in [5.74, 6) is 0.931. The van der Waals surface area contributed by atoms with Gasteiger partial charge in [-0.15, -0.1) is 10.2 Å². The first-order valence-electron chi connectivity index (χ1n) is 9.37. The number of carbonyl (C=O) groups is 1. The van der Waals surface area contributed by atoms with Crippen molar-refractivity contribution in [2.75, 3.05) is 0 Å². The molecule has 28 heavy (non-hydrogen) atoms. The van der Waals surface area contributed by atoms with Crippen molar-refractivity contribution in [2.45, 2.75) is 37.7 Å². The highest BCUT2D eigenvalue weighted by Gasteiger charge is 2.24. The van der Waals surface area contributed by atoms with Crippen LogP contribution in [-0.4, -0.2) is 30.8 Å². The van der Waals surface area contributed by atoms with Crippen molar-refractivity contribution in [1.82, 2.24) is 19.7 Å².